The first-order chi connectivity index (χ1) is 8.52. The highest BCUT2D eigenvalue weighted by atomic mass is 16.5. The zero-order chi connectivity index (χ0) is 14.0. The van der Waals surface area contributed by atoms with E-state index in [1.807, 2.05) is 0 Å². The molecule has 0 fully saturated rings. The average Bonchev–Trinajstić information content (AvgIpc) is 2.39. The minimum atomic E-state index is -1.53. The van der Waals surface area contributed by atoms with E-state index in [0.717, 1.165) is 25.7 Å². The topological polar surface area (TPSA) is 107 Å². The highest BCUT2D eigenvalue weighted by Gasteiger charge is 2.25. The molecule has 6 heteroatoms. The minimum absolute atomic E-state index is 0.283. The van der Waals surface area contributed by atoms with E-state index >= 15 is 0 Å². The van der Waals surface area contributed by atoms with Crippen LogP contribution >= 0.6 is 0 Å². The number of rotatable bonds is 10. The second-order valence-corrected chi connectivity index (χ2v) is 4.30. The number of unbranched alkanes of at least 4 members (excludes halogenated alkanes) is 3. The van der Waals surface area contributed by atoms with Crippen molar-refractivity contribution in [3.63, 3.8) is 0 Å². The van der Waals surface area contributed by atoms with Gasteiger partial charge in [0.15, 0.2) is 0 Å². The molecule has 0 heterocycles. The van der Waals surface area contributed by atoms with Gasteiger partial charge in [-0.2, -0.15) is 0 Å². The zero-order valence-electron chi connectivity index (χ0n) is 10.8. The third-order valence-corrected chi connectivity index (χ3v) is 2.63. The molecule has 0 aromatic rings. The van der Waals surface area contributed by atoms with Crippen LogP contribution in [-0.4, -0.2) is 57.9 Å². The van der Waals surface area contributed by atoms with Crippen molar-refractivity contribution in [1.82, 2.24) is 0 Å². The largest absolute Gasteiger partial charge is 0.463 e. The van der Waals surface area contributed by atoms with Crippen LogP contribution in [0.15, 0.2) is 0 Å². The smallest absolute Gasteiger partial charge is 0.305 e. The van der Waals surface area contributed by atoms with Crippen LogP contribution in [0.3, 0.4) is 0 Å². The lowest BCUT2D eigenvalue weighted by molar-refractivity contribution is -0.152. The van der Waals surface area contributed by atoms with Crippen molar-refractivity contribution in [3.8, 4) is 0 Å². The maximum absolute atomic E-state index is 11.2. The SMILES string of the molecule is CCCCCCC(=O)OC[C@H](O)[C@@H](O)[C@H](O)CO. The Morgan fingerprint density at radius 2 is 1.78 bits per heavy atom. The van der Waals surface area contributed by atoms with Crippen LogP contribution in [0.2, 0.25) is 0 Å². The average molecular weight is 264 g/mol. The fourth-order valence-corrected chi connectivity index (χ4v) is 1.41. The predicted molar refractivity (Wildman–Crippen MR) is 64.8 cm³/mol. The summed E-state index contributed by atoms with van der Waals surface area (Å²) in [7, 11) is 0. The molecule has 6 nitrogen and oxygen atoms in total. The van der Waals surface area contributed by atoms with Crippen LogP contribution in [0.4, 0.5) is 0 Å². The van der Waals surface area contributed by atoms with Gasteiger partial charge in [0, 0.05) is 6.42 Å². The van der Waals surface area contributed by atoms with Crippen molar-refractivity contribution >= 4 is 5.97 Å². The first-order valence-corrected chi connectivity index (χ1v) is 6.33. The van der Waals surface area contributed by atoms with Gasteiger partial charge in [0.2, 0.25) is 0 Å². The van der Waals surface area contributed by atoms with Gasteiger partial charge in [-0.1, -0.05) is 26.2 Å². The Morgan fingerprint density at radius 1 is 1.11 bits per heavy atom. The summed E-state index contributed by atoms with van der Waals surface area (Å²) < 4.78 is 4.76. The standard InChI is InChI=1S/C12H24O6/c1-2-3-4-5-6-11(16)18-8-10(15)12(17)9(14)7-13/h9-10,12-15,17H,2-8H2,1H3/t9-,10+,12+/m1/s1. The minimum Gasteiger partial charge on any atom is -0.463 e. The fraction of sp³-hybridized carbons (Fsp3) is 0.917. The highest BCUT2D eigenvalue weighted by molar-refractivity contribution is 5.69. The molecule has 0 aliphatic carbocycles. The van der Waals surface area contributed by atoms with Gasteiger partial charge < -0.3 is 25.2 Å². The number of aliphatic hydroxyl groups excluding tert-OH is 4. The molecular weight excluding hydrogens is 240 g/mol. The van der Waals surface area contributed by atoms with Crippen LogP contribution in [0.25, 0.3) is 0 Å². The van der Waals surface area contributed by atoms with E-state index in [-0.39, 0.29) is 13.0 Å². The van der Waals surface area contributed by atoms with Gasteiger partial charge in [-0.05, 0) is 6.42 Å². The van der Waals surface area contributed by atoms with Gasteiger partial charge in [0.05, 0.1) is 6.61 Å². The van der Waals surface area contributed by atoms with Crippen molar-refractivity contribution in [2.24, 2.45) is 0 Å². The van der Waals surface area contributed by atoms with Crippen molar-refractivity contribution in [2.75, 3.05) is 13.2 Å². The van der Waals surface area contributed by atoms with Gasteiger partial charge in [-0.15, -0.1) is 0 Å². The van der Waals surface area contributed by atoms with Crippen LogP contribution in [0.1, 0.15) is 39.0 Å². The number of hydrogen-bond donors (Lipinski definition) is 4. The molecule has 0 aromatic heterocycles. The number of carbonyl (C=O) groups excluding carboxylic acids is 1. The summed E-state index contributed by atoms with van der Waals surface area (Å²) >= 11 is 0. The van der Waals surface area contributed by atoms with E-state index in [9.17, 15) is 15.0 Å². The normalized spacial score (nSPS) is 16.1. The number of carbonyl (C=O) groups is 1. The van der Waals surface area contributed by atoms with Gasteiger partial charge in [-0.3, -0.25) is 4.79 Å². The molecule has 0 spiro atoms. The summed E-state index contributed by atoms with van der Waals surface area (Å²) in [5.41, 5.74) is 0. The lowest BCUT2D eigenvalue weighted by Gasteiger charge is -2.21. The molecule has 0 saturated heterocycles. The maximum atomic E-state index is 11.2. The molecule has 0 amide bonds. The van der Waals surface area contributed by atoms with Gasteiger partial charge in [0.25, 0.3) is 0 Å². The molecule has 0 saturated carbocycles. The van der Waals surface area contributed by atoms with Crippen LogP contribution < -0.4 is 0 Å². The highest BCUT2D eigenvalue weighted by Crippen LogP contribution is 2.05. The molecule has 18 heavy (non-hydrogen) atoms. The number of hydrogen-bond acceptors (Lipinski definition) is 6. The maximum Gasteiger partial charge on any atom is 0.305 e. The first kappa shape index (κ1) is 17.3. The lowest BCUT2D eigenvalue weighted by atomic mass is 10.1. The summed E-state index contributed by atoms with van der Waals surface area (Å²) in [5.74, 6) is -0.434. The van der Waals surface area contributed by atoms with Crippen molar-refractivity contribution < 1.29 is 30.0 Å². The first-order valence-electron chi connectivity index (χ1n) is 6.33. The summed E-state index contributed by atoms with van der Waals surface area (Å²) in [6, 6.07) is 0. The monoisotopic (exact) mass is 264 g/mol. The van der Waals surface area contributed by atoms with E-state index in [1.165, 1.54) is 0 Å². The molecule has 0 rings (SSSR count). The lowest BCUT2D eigenvalue weighted by Crippen LogP contribution is -2.42. The Balaban J connectivity index is 3.70. The summed E-state index contributed by atoms with van der Waals surface area (Å²) in [4.78, 5) is 11.2. The van der Waals surface area contributed by atoms with Crippen LogP contribution in [0, 0.1) is 0 Å². The van der Waals surface area contributed by atoms with Crippen molar-refractivity contribution in [2.45, 2.75) is 57.3 Å². The molecule has 3 atom stereocenters. The second-order valence-electron chi connectivity index (χ2n) is 4.30. The Hall–Kier alpha value is -0.690. The molecule has 4 N–H and O–H groups in total. The molecule has 0 aromatic carbocycles. The Labute approximate surface area is 107 Å². The van der Waals surface area contributed by atoms with E-state index in [1.54, 1.807) is 0 Å². The van der Waals surface area contributed by atoms with Gasteiger partial charge in [-0.25, -0.2) is 0 Å². The quantitative estimate of drug-likeness (QED) is 0.315. The number of ether oxygens (including phenoxy) is 1. The molecule has 0 radical (unpaired) electrons. The molecular formula is C12H24O6. The van der Waals surface area contributed by atoms with Crippen LogP contribution in [-0.2, 0) is 9.53 Å². The fourth-order valence-electron chi connectivity index (χ4n) is 1.41. The summed E-state index contributed by atoms with van der Waals surface area (Å²) in [6.07, 6.45) is -0.232. The van der Waals surface area contributed by atoms with Crippen LogP contribution in [0.5, 0.6) is 0 Å². The molecule has 0 aliphatic heterocycles. The molecule has 0 aliphatic rings. The summed E-state index contributed by atoms with van der Waals surface area (Å²) in [6.45, 7) is 1.02. The third-order valence-electron chi connectivity index (χ3n) is 2.63. The zero-order valence-corrected chi connectivity index (χ0v) is 10.8. The van der Waals surface area contributed by atoms with E-state index in [2.05, 4.69) is 6.92 Å². The Morgan fingerprint density at radius 3 is 2.33 bits per heavy atom. The molecule has 0 unspecified atom stereocenters. The number of aliphatic hydroxyl groups is 4. The second kappa shape index (κ2) is 10.3. The Kier molecular flexibility index (Phi) is 9.86. The van der Waals surface area contributed by atoms with E-state index < -0.39 is 30.9 Å². The molecule has 108 valence electrons. The van der Waals surface area contributed by atoms with Crippen molar-refractivity contribution in [3.05, 3.63) is 0 Å². The number of esters is 1. The van der Waals surface area contributed by atoms with Gasteiger partial charge in [0.1, 0.15) is 24.9 Å². The van der Waals surface area contributed by atoms with E-state index in [4.69, 9.17) is 14.9 Å². The molecule has 0 bridgehead atoms. The van der Waals surface area contributed by atoms with Crippen molar-refractivity contribution in [1.29, 1.82) is 0 Å². The van der Waals surface area contributed by atoms with E-state index in [0.29, 0.717) is 0 Å². The third kappa shape index (κ3) is 7.60. The summed E-state index contributed by atoms with van der Waals surface area (Å²) in [5, 5.41) is 36.3. The van der Waals surface area contributed by atoms with Gasteiger partial charge >= 0.3 is 5.97 Å². The Bertz CT molecular complexity index is 221. The predicted octanol–water partition coefficient (Wildman–Crippen LogP) is -0.425.